The van der Waals surface area contributed by atoms with Crippen LogP contribution >= 0.6 is 11.8 Å². The number of amides is 3. The van der Waals surface area contributed by atoms with Gasteiger partial charge in [-0.05, 0) is 50.5 Å². The lowest BCUT2D eigenvalue weighted by Gasteiger charge is -2.38. The van der Waals surface area contributed by atoms with Gasteiger partial charge in [0.25, 0.3) is 0 Å². The summed E-state index contributed by atoms with van der Waals surface area (Å²) in [7, 11) is 0. The molecular formula is C28H41N3O4S. The second-order valence-electron chi connectivity index (χ2n) is 12.5. The molecule has 0 aliphatic carbocycles. The third-order valence-electron chi connectivity index (χ3n) is 7.65. The number of carbonyl (C=O) groups excluding carboxylic acids is 3. The Labute approximate surface area is 219 Å². The molecule has 3 saturated heterocycles. The Morgan fingerprint density at radius 1 is 1.14 bits per heavy atom. The number of rotatable bonds is 9. The van der Waals surface area contributed by atoms with E-state index in [1.54, 1.807) is 16.7 Å². The summed E-state index contributed by atoms with van der Waals surface area (Å²) in [6.07, 6.45) is 2.76. The van der Waals surface area contributed by atoms with Gasteiger partial charge in [-0.25, -0.2) is 0 Å². The number of fused-ring (bicyclic) bond motifs is 1. The second-order valence-corrected chi connectivity index (χ2v) is 14.1. The lowest BCUT2D eigenvalue weighted by molar-refractivity contribution is -0.140. The highest BCUT2D eigenvalue weighted by Crippen LogP contribution is 2.66. The minimum absolute atomic E-state index is 0.0299. The number of likely N-dealkylation sites (tertiary alicyclic amines) is 1. The van der Waals surface area contributed by atoms with Gasteiger partial charge in [0.2, 0.25) is 17.7 Å². The molecule has 0 aromatic heterocycles. The molecule has 8 heteroatoms. The van der Waals surface area contributed by atoms with E-state index < -0.39 is 28.2 Å². The van der Waals surface area contributed by atoms with E-state index in [0.29, 0.717) is 19.5 Å². The van der Waals surface area contributed by atoms with Crippen LogP contribution in [0.3, 0.4) is 0 Å². The van der Waals surface area contributed by atoms with Gasteiger partial charge in [0.1, 0.15) is 6.04 Å². The Morgan fingerprint density at radius 2 is 1.83 bits per heavy atom. The van der Waals surface area contributed by atoms with Gasteiger partial charge in [0, 0.05) is 30.5 Å². The number of carbonyl (C=O) groups is 3. The fourth-order valence-corrected chi connectivity index (χ4v) is 9.13. The summed E-state index contributed by atoms with van der Waals surface area (Å²) in [5.41, 5.74) is 0.600. The van der Waals surface area contributed by atoms with Crippen molar-refractivity contribution in [3.63, 3.8) is 0 Å². The van der Waals surface area contributed by atoms with Gasteiger partial charge in [-0.3, -0.25) is 14.4 Å². The average Bonchev–Trinajstić information content (AvgIpc) is 3.42. The number of benzene rings is 1. The van der Waals surface area contributed by atoms with Crippen LogP contribution in [0.25, 0.3) is 0 Å². The van der Waals surface area contributed by atoms with Crippen LogP contribution < -0.4 is 10.6 Å². The van der Waals surface area contributed by atoms with Crippen molar-refractivity contribution < 1.29 is 19.5 Å². The number of nitrogens with zero attached hydrogens (tertiary/aromatic N) is 1. The lowest BCUT2D eigenvalue weighted by Crippen LogP contribution is -2.58. The lowest BCUT2D eigenvalue weighted by atomic mass is 9.70. The number of thioether (sulfide) groups is 1. The van der Waals surface area contributed by atoms with E-state index in [1.807, 2.05) is 44.2 Å². The molecule has 1 spiro atoms. The summed E-state index contributed by atoms with van der Waals surface area (Å²) < 4.78 is -0.603. The monoisotopic (exact) mass is 515 g/mol. The molecule has 5 atom stereocenters. The summed E-state index contributed by atoms with van der Waals surface area (Å²) >= 11 is 1.68. The van der Waals surface area contributed by atoms with Crippen LogP contribution in [0.1, 0.15) is 65.9 Å². The van der Waals surface area contributed by atoms with E-state index in [0.717, 1.165) is 24.8 Å². The second kappa shape index (κ2) is 10.0. The molecule has 3 aliphatic rings. The maximum absolute atomic E-state index is 13.9. The first-order valence-corrected chi connectivity index (χ1v) is 14.0. The maximum Gasteiger partial charge on any atom is 0.244 e. The van der Waals surface area contributed by atoms with Crippen LogP contribution in [0.2, 0.25) is 0 Å². The fraction of sp³-hybridized carbons (Fsp3) is 0.679. The highest BCUT2D eigenvalue weighted by Gasteiger charge is 2.73. The maximum atomic E-state index is 13.9. The first kappa shape index (κ1) is 27.0. The topological polar surface area (TPSA) is 98.7 Å². The average molecular weight is 516 g/mol. The van der Waals surface area contributed by atoms with Crippen molar-refractivity contribution >= 4 is 29.5 Å². The standard InChI is InChI=1S/C28H41N3O4S/c1-26(2,3)17-27(4,5)30-24(34)22-28-13-12-19(36-28)20(21(28)25(35)31(22)14-9-15-32)23(33)29-16-18-10-7-6-8-11-18/h6-8,10-11,19-22,32H,9,12-17H2,1-5H3,(H,29,33)(H,30,34)/t19-,20+,21-,22?,28?/m0/s1. The molecule has 0 radical (unpaired) electrons. The molecule has 2 unspecified atom stereocenters. The molecule has 3 heterocycles. The Kier molecular flexibility index (Phi) is 7.50. The molecule has 7 nitrogen and oxygen atoms in total. The zero-order chi connectivity index (χ0) is 26.3. The minimum atomic E-state index is -0.636. The molecule has 0 saturated carbocycles. The van der Waals surface area contributed by atoms with E-state index in [9.17, 15) is 19.5 Å². The first-order chi connectivity index (χ1) is 16.9. The smallest absolute Gasteiger partial charge is 0.244 e. The number of nitrogens with one attached hydrogen (secondary N) is 2. The van der Waals surface area contributed by atoms with Crippen LogP contribution in [0.15, 0.2) is 30.3 Å². The molecule has 4 rings (SSSR count). The van der Waals surface area contributed by atoms with Gasteiger partial charge >= 0.3 is 0 Å². The zero-order valence-electron chi connectivity index (χ0n) is 22.2. The van der Waals surface area contributed by atoms with Crippen molar-refractivity contribution in [3.8, 4) is 0 Å². The van der Waals surface area contributed by atoms with Crippen molar-refractivity contribution in [2.45, 2.75) is 88.4 Å². The molecule has 36 heavy (non-hydrogen) atoms. The summed E-state index contributed by atoms with van der Waals surface area (Å²) in [5, 5.41) is 15.8. The summed E-state index contributed by atoms with van der Waals surface area (Å²) in [6.45, 7) is 11.2. The summed E-state index contributed by atoms with van der Waals surface area (Å²) in [4.78, 5) is 42.8. The van der Waals surface area contributed by atoms with Crippen molar-refractivity contribution in [3.05, 3.63) is 35.9 Å². The van der Waals surface area contributed by atoms with Crippen LogP contribution in [-0.4, -0.2) is 62.5 Å². The van der Waals surface area contributed by atoms with Crippen LogP contribution in [-0.2, 0) is 20.9 Å². The van der Waals surface area contributed by atoms with Crippen LogP contribution in [0, 0.1) is 17.3 Å². The Balaban J connectivity index is 1.58. The third kappa shape index (κ3) is 5.17. The highest BCUT2D eigenvalue weighted by atomic mass is 32.2. The molecule has 3 amide bonds. The van der Waals surface area contributed by atoms with E-state index in [1.165, 1.54) is 0 Å². The minimum Gasteiger partial charge on any atom is -0.396 e. The first-order valence-electron chi connectivity index (χ1n) is 13.1. The normalized spacial score (nSPS) is 29.4. The predicted molar refractivity (Wildman–Crippen MR) is 142 cm³/mol. The number of aliphatic hydroxyl groups excluding tert-OH is 1. The van der Waals surface area contributed by atoms with Gasteiger partial charge in [-0.2, -0.15) is 0 Å². The molecule has 3 N–H and O–H groups in total. The summed E-state index contributed by atoms with van der Waals surface area (Å²) in [5.74, 6) is -1.33. The Hall–Kier alpha value is -2.06. The van der Waals surface area contributed by atoms with Crippen molar-refractivity contribution in [2.75, 3.05) is 13.2 Å². The zero-order valence-corrected chi connectivity index (χ0v) is 23.0. The third-order valence-corrected chi connectivity index (χ3v) is 9.60. The number of aliphatic hydroxyl groups is 1. The van der Waals surface area contributed by atoms with E-state index in [2.05, 4.69) is 31.4 Å². The molecule has 3 aliphatic heterocycles. The molecule has 1 aromatic carbocycles. The molecule has 1 aromatic rings. The van der Waals surface area contributed by atoms with Gasteiger partial charge < -0.3 is 20.6 Å². The summed E-state index contributed by atoms with van der Waals surface area (Å²) in [6, 6.07) is 9.11. The largest absolute Gasteiger partial charge is 0.396 e. The van der Waals surface area contributed by atoms with Gasteiger partial charge in [0.05, 0.1) is 16.6 Å². The predicted octanol–water partition coefficient (Wildman–Crippen LogP) is 3.11. The van der Waals surface area contributed by atoms with Crippen molar-refractivity contribution in [1.29, 1.82) is 0 Å². The molecule has 198 valence electrons. The van der Waals surface area contributed by atoms with Gasteiger partial charge in [-0.1, -0.05) is 51.1 Å². The Bertz CT molecular complexity index is 992. The van der Waals surface area contributed by atoms with Gasteiger partial charge in [0.15, 0.2) is 0 Å². The fourth-order valence-electron chi connectivity index (χ4n) is 6.91. The van der Waals surface area contributed by atoms with Crippen molar-refractivity contribution in [1.82, 2.24) is 15.5 Å². The van der Waals surface area contributed by atoms with E-state index >= 15 is 0 Å². The molecule has 3 fully saturated rings. The van der Waals surface area contributed by atoms with E-state index in [-0.39, 0.29) is 35.0 Å². The van der Waals surface area contributed by atoms with Gasteiger partial charge in [-0.15, -0.1) is 11.8 Å². The van der Waals surface area contributed by atoms with Crippen LogP contribution in [0.5, 0.6) is 0 Å². The van der Waals surface area contributed by atoms with E-state index in [4.69, 9.17) is 0 Å². The van der Waals surface area contributed by atoms with Crippen molar-refractivity contribution in [2.24, 2.45) is 17.3 Å². The molecular weight excluding hydrogens is 474 g/mol. The number of hydrogen-bond acceptors (Lipinski definition) is 5. The SMILES string of the molecule is CC(C)(C)CC(C)(C)NC(=O)C1N(CCCO)C(=O)[C@@H]2[C@H](C(=O)NCc3ccccc3)[C@@H]3CCC12S3. The molecule has 2 bridgehead atoms. The quantitative estimate of drug-likeness (QED) is 0.469. The van der Waals surface area contributed by atoms with Crippen LogP contribution in [0.4, 0.5) is 0 Å². The number of hydrogen-bond donors (Lipinski definition) is 3. The Morgan fingerprint density at radius 3 is 2.47 bits per heavy atom. The highest BCUT2D eigenvalue weighted by molar-refractivity contribution is 8.02.